The number of amides is 2. The maximum absolute atomic E-state index is 13.2. The number of carbonyl (C=O) groups excluding carboxylic acids is 1. The van der Waals surface area contributed by atoms with E-state index >= 15 is 0 Å². The molecule has 7 heteroatoms. The van der Waals surface area contributed by atoms with E-state index in [1.165, 1.54) is 44.9 Å². The number of unbranched alkanes of at least 4 members (excludes halogenated alkanes) is 4. The molecule has 1 aromatic heterocycles. The summed E-state index contributed by atoms with van der Waals surface area (Å²) in [6.07, 6.45) is 11.9. The molecular weight excluding hydrogens is 436 g/mol. The van der Waals surface area contributed by atoms with Gasteiger partial charge in [0.2, 0.25) is 0 Å². The van der Waals surface area contributed by atoms with E-state index in [0.29, 0.717) is 18.4 Å². The van der Waals surface area contributed by atoms with Gasteiger partial charge < -0.3 is 10.2 Å². The van der Waals surface area contributed by atoms with E-state index < -0.39 is 0 Å². The molecule has 1 heterocycles. The van der Waals surface area contributed by atoms with Crippen LogP contribution >= 0.6 is 0 Å². The van der Waals surface area contributed by atoms with Gasteiger partial charge in [0.25, 0.3) is 0 Å². The van der Waals surface area contributed by atoms with E-state index in [9.17, 15) is 4.79 Å². The monoisotopic (exact) mass is 474 g/mol. The second kappa shape index (κ2) is 13.0. The number of tetrazole rings is 1. The number of aromatic amines is 1. The zero-order valence-corrected chi connectivity index (χ0v) is 20.9. The lowest BCUT2D eigenvalue weighted by atomic mass is 9.96. The van der Waals surface area contributed by atoms with Gasteiger partial charge in [0, 0.05) is 24.7 Å². The molecule has 4 rings (SSSR count). The molecular formula is C28H38N6O. The van der Waals surface area contributed by atoms with Crippen LogP contribution in [0.1, 0.15) is 76.7 Å². The van der Waals surface area contributed by atoms with Gasteiger partial charge in [0.15, 0.2) is 5.82 Å². The largest absolute Gasteiger partial charge is 0.335 e. The Morgan fingerprint density at radius 2 is 1.71 bits per heavy atom. The van der Waals surface area contributed by atoms with Crippen molar-refractivity contribution in [2.75, 3.05) is 6.54 Å². The summed E-state index contributed by atoms with van der Waals surface area (Å²) < 4.78 is 0. The Bertz CT molecular complexity index is 1030. The predicted octanol–water partition coefficient (Wildman–Crippen LogP) is 6.35. The van der Waals surface area contributed by atoms with Gasteiger partial charge >= 0.3 is 6.03 Å². The topological polar surface area (TPSA) is 86.8 Å². The van der Waals surface area contributed by atoms with Crippen LogP contribution in [0.4, 0.5) is 4.79 Å². The Kier molecular flexibility index (Phi) is 9.26. The molecule has 186 valence electrons. The SMILES string of the molecule is CCCCCCCN(Cc1ccc(-c2ccccc2-c2nnn[nH]2)cc1)C(=O)NC1CCCCC1. The first kappa shape index (κ1) is 24.9. The van der Waals surface area contributed by atoms with E-state index in [-0.39, 0.29) is 6.03 Å². The lowest BCUT2D eigenvalue weighted by Crippen LogP contribution is -2.45. The maximum Gasteiger partial charge on any atom is 0.317 e. The zero-order valence-electron chi connectivity index (χ0n) is 20.9. The van der Waals surface area contributed by atoms with Gasteiger partial charge in [0.05, 0.1) is 0 Å². The van der Waals surface area contributed by atoms with Crippen molar-refractivity contribution < 1.29 is 4.79 Å². The summed E-state index contributed by atoms with van der Waals surface area (Å²) in [6, 6.07) is 17.0. The molecule has 0 saturated heterocycles. The van der Waals surface area contributed by atoms with Crippen molar-refractivity contribution in [1.29, 1.82) is 0 Å². The van der Waals surface area contributed by atoms with Crippen LogP contribution in [0.3, 0.4) is 0 Å². The third kappa shape index (κ3) is 7.13. The van der Waals surface area contributed by atoms with Gasteiger partial charge in [-0.05, 0) is 46.4 Å². The minimum atomic E-state index is 0.0830. The summed E-state index contributed by atoms with van der Waals surface area (Å²) >= 11 is 0. The van der Waals surface area contributed by atoms with Crippen molar-refractivity contribution in [3.63, 3.8) is 0 Å². The molecule has 1 fully saturated rings. The molecule has 0 atom stereocenters. The normalized spacial score (nSPS) is 14.1. The Hall–Kier alpha value is -3.22. The summed E-state index contributed by atoms with van der Waals surface area (Å²) in [5.74, 6) is 0.651. The second-order valence-corrected chi connectivity index (χ2v) is 9.61. The molecule has 7 nitrogen and oxygen atoms in total. The molecule has 0 bridgehead atoms. The highest BCUT2D eigenvalue weighted by Crippen LogP contribution is 2.30. The first-order chi connectivity index (χ1) is 17.2. The van der Waals surface area contributed by atoms with Crippen LogP contribution in [0.5, 0.6) is 0 Å². The Labute approximate surface area is 208 Å². The number of hydrogen-bond donors (Lipinski definition) is 2. The van der Waals surface area contributed by atoms with Crippen LogP contribution in [0.15, 0.2) is 48.5 Å². The molecule has 3 aromatic rings. The Balaban J connectivity index is 1.44. The molecule has 1 aliphatic carbocycles. The molecule has 0 aliphatic heterocycles. The highest BCUT2D eigenvalue weighted by atomic mass is 16.2. The number of rotatable bonds is 11. The van der Waals surface area contributed by atoms with Gasteiger partial charge in [-0.25, -0.2) is 9.89 Å². The quantitative estimate of drug-likeness (QED) is 0.317. The lowest BCUT2D eigenvalue weighted by molar-refractivity contribution is 0.186. The first-order valence-electron chi connectivity index (χ1n) is 13.2. The van der Waals surface area contributed by atoms with Crippen LogP contribution in [-0.2, 0) is 6.54 Å². The molecule has 0 radical (unpaired) electrons. The number of aromatic nitrogens is 4. The minimum absolute atomic E-state index is 0.0830. The fourth-order valence-corrected chi connectivity index (χ4v) is 4.90. The van der Waals surface area contributed by atoms with Gasteiger partial charge in [-0.2, -0.15) is 0 Å². The van der Waals surface area contributed by atoms with Crippen molar-refractivity contribution in [2.45, 2.75) is 83.7 Å². The van der Waals surface area contributed by atoms with Crippen molar-refractivity contribution in [3.8, 4) is 22.5 Å². The molecule has 2 amide bonds. The van der Waals surface area contributed by atoms with E-state index in [1.807, 2.05) is 23.1 Å². The average Bonchev–Trinajstić information content (AvgIpc) is 3.44. The van der Waals surface area contributed by atoms with Crippen molar-refractivity contribution >= 4 is 6.03 Å². The van der Waals surface area contributed by atoms with Gasteiger partial charge in [-0.15, -0.1) is 5.10 Å². The fraction of sp³-hybridized carbons (Fsp3) is 0.500. The average molecular weight is 475 g/mol. The van der Waals surface area contributed by atoms with Gasteiger partial charge in [0.1, 0.15) is 0 Å². The Morgan fingerprint density at radius 1 is 0.971 bits per heavy atom. The maximum atomic E-state index is 13.2. The molecule has 1 saturated carbocycles. The number of urea groups is 1. The summed E-state index contributed by atoms with van der Waals surface area (Å²) in [7, 11) is 0. The lowest BCUT2D eigenvalue weighted by Gasteiger charge is -2.28. The summed E-state index contributed by atoms with van der Waals surface area (Å²) in [4.78, 5) is 15.2. The van der Waals surface area contributed by atoms with Crippen molar-refractivity contribution in [2.24, 2.45) is 0 Å². The minimum Gasteiger partial charge on any atom is -0.335 e. The first-order valence-corrected chi connectivity index (χ1v) is 13.2. The van der Waals surface area contributed by atoms with E-state index in [0.717, 1.165) is 48.1 Å². The molecule has 2 aromatic carbocycles. The smallest absolute Gasteiger partial charge is 0.317 e. The standard InChI is InChI=1S/C28H38N6O/c1-2-3-4-5-11-20-34(28(35)29-24-12-7-6-8-13-24)21-22-16-18-23(19-17-22)25-14-9-10-15-26(25)27-30-32-33-31-27/h9-10,14-19,24H,2-8,11-13,20-21H2,1H3,(H,29,35)(H,30,31,32,33). The third-order valence-electron chi connectivity index (χ3n) is 6.92. The van der Waals surface area contributed by atoms with Crippen LogP contribution in [-0.4, -0.2) is 44.1 Å². The molecule has 0 unspecified atom stereocenters. The number of H-pyrrole nitrogens is 1. The predicted molar refractivity (Wildman–Crippen MR) is 140 cm³/mol. The third-order valence-corrected chi connectivity index (χ3v) is 6.92. The number of nitrogens with one attached hydrogen (secondary N) is 2. The van der Waals surface area contributed by atoms with Gasteiger partial charge in [-0.3, -0.25) is 0 Å². The molecule has 2 N–H and O–H groups in total. The summed E-state index contributed by atoms with van der Waals surface area (Å²) in [5.41, 5.74) is 4.27. The van der Waals surface area contributed by atoms with Crippen LogP contribution < -0.4 is 5.32 Å². The van der Waals surface area contributed by atoms with Crippen LogP contribution in [0.2, 0.25) is 0 Å². The van der Waals surface area contributed by atoms with E-state index in [1.54, 1.807) is 0 Å². The number of nitrogens with zero attached hydrogens (tertiary/aromatic N) is 4. The highest BCUT2D eigenvalue weighted by Gasteiger charge is 2.20. The zero-order chi connectivity index (χ0) is 24.3. The Morgan fingerprint density at radius 3 is 2.43 bits per heavy atom. The van der Waals surface area contributed by atoms with E-state index in [2.05, 4.69) is 63.2 Å². The second-order valence-electron chi connectivity index (χ2n) is 9.61. The van der Waals surface area contributed by atoms with Crippen LogP contribution in [0.25, 0.3) is 22.5 Å². The number of benzene rings is 2. The fourth-order valence-electron chi connectivity index (χ4n) is 4.90. The molecule has 35 heavy (non-hydrogen) atoms. The molecule has 1 aliphatic rings. The van der Waals surface area contributed by atoms with Gasteiger partial charge in [-0.1, -0.05) is 100 Å². The van der Waals surface area contributed by atoms with Crippen molar-refractivity contribution in [1.82, 2.24) is 30.8 Å². The van der Waals surface area contributed by atoms with Crippen molar-refractivity contribution in [3.05, 3.63) is 54.1 Å². The van der Waals surface area contributed by atoms with Crippen LogP contribution in [0, 0.1) is 0 Å². The summed E-state index contributed by atoms with van der Waals surface area (Å²) in [5, 5.41) is 17.7. The number of hydrogen-bond acceptors (Lipinski definition) is 4. The molecule has 0 spiro atoms. The number of carbonyl (C=O) groups is 1. The highest BCUT2D eigenvalue weighted by molar-refractivity contribution is 5.80. The summed E-state index contributed by atoms with van der Waals surface area (Å²) in [6.45, 7) is 3.65. The van der Waals surface area contributed by atoms with E-state index in [4.69, 9.17) is 0 Å².